The molecule has 20 heavy (non-hydrogen) atoms. The van der Waals surface area contributed by atoms with Gasteiger partial charge >= 0.3 is 0 Å². The van der Waals surface area contributed by atoms with Crippen molar-refractivity contribution < 1.29 is 4.39 Å². The molecular formula is C15H21FN4. The molecule has 1 aromatic heterocycles. The lowest BCUT2D eigenvalue weighted by Crippen LogP contribution is -2.24. The lowest BCUT2D eigenvalue weighted by atomic mass is 10.1. The molecule has 0 atom stereocenters. The molecule has 0 fully saturated rings. The van der Waals surface area contributed by atoms with Crippen LogP contribution in [0.2, 0.25) is 0 Å². The average Bonchev–Trinajstić information content (AvgIpc) is 2.90. The smallest absolute Gasteiger partial charge is 0.123 e. The average molecular weight is 276 g/mol. The van der Waals surface area contributed by atoms with Crippen molar-refractivity contribution in [2.75, 3.05) is 20.1 Å². The quantitative estimate of drug-likeness (QED) is 0.643. The number of rotatable bonds is 8. The zero-order chi connectivity index (χ0) is 14.2. The van der Waals surface area contributed by atoms with E-state index in [1.165, 1.54) is 17.7 Å². The first kappa shape index (κ1) is 14.7. The number of aromatic nitrogens is 2. The topological polar surface area (TPSA) is 52.7 Å². The molecule has 4 nitrogen and oxygen atoms in total. The van der Waals surface area contributed by atoms with E-state index >= 15 is 0 Å². The van der Waals surface area contributed by atoms with E-state index in [-0.39, 0.29) is 5.82 Å². The van der Waals surface area contributed by atoms with E-state index in [0.717, 1.165) is 43.7 Å². The number of benzene rings is 1. The number of aryl methyl sites for hydroxylation is 2. The van der Waals surface area contributed by atoms with E-state index in [4.69, 9.17) is 0 Å². The number of aromatic amines is 1. The number of halogens is 1. The van der Waals surface area contributed by atoms with Crippen LogP contribution in [0, 0.1) is 5.82 Å². The van der Waals surface area contributed by atoms with Gasteiger partial charge in [-0.05, 0) is 37.6 Å². The molecule has 1 aromatic carbocycles. The summed E-state index contributed by atoms with van der Waals surface area (Å²) in [5.74, 6) is -0.192. The Morgan fingerprint density at radius 1 is 1.15 bits per heavy atom. The summed E-state index contributed by atoms with van der Waals surface area (Å²) in [5, 5.41) is 13.7. The minimum Gasteiger partial charge on any atom is -0.318 e. The highest BCUT2D eigenvalue weighted by Crippen LogP contribution is 2.10. The normalized spacial score (nSPS) is 10.9. The third-order valence-corrected chi connectivity index (χ3v) is 3.24. The van der Waals surface area contributed by atoms with Crippen LogP contribution in [0.15, 0.2) is 30.5 Å². The van der Waals surface area contributed by atoms with Crippen LogP contribution in [0.1, 0.15) is 16.8 Å². The second-order valence-corrected chi connectivity index (χ2v) is 4.76. The summed E-state index contributed by atoms with van der Waals surface area (Å²) in [7, 11) is 1.94. The van der Waals surface area contributed by atoms with Gasteiger partial charge in [0.25, 0.3) is 0 Å². The lowest BCUT2D eigenvalue weighted by molar-refractivity contribution is 0.626. The standard InChI is InChI=1S/C15H21FN4/c1-17-8-9-18-10-13-11-19-20-15(13)7-4-12-2-5-14(16)6-3-12/h2-3,5-6,11,17-18H,4,7-10H2,1H3,(H,19,20). The monoisotopic (exact) mass is 276 g/mol. The molecule has 0 amide bonds. The molecule has 2 aromatic rings. The van der Waals surface area contributed by atoms with Crippen molar-refractivity contribution in [3.8, 4) is 0 Å². The summed E-state index contributed by atoms with van der Waals surface area (Å²) < 4.78 is 12.8. The predicted octanol–water partition coefficient (Wildman–Crippen LogP) is 1.64. The van der Waals surface area contributed by atoms with E-state index in [0.29, 0.717) is 0 Å². The molecule has 0 saturated carbocycles. The molecule has 0 spiro atoms. The maximum absolute atomic E-state index is 12.8. The fourth-order valence-electron chi connectivity index (χ4n) is 2.06. The fraction of sp³-hybridized carbons (Fsp3) is 0.400. The Morgan fingerprint density at radius 2 is 1.95 bits per heavy atom. The Balaban J connectivity index is 1.83. The maximum atomic E-state index is 12.8. The molecular weight excluding hydrogens is 255 g/mol. The highest BCUT2D eigenvalue weighted by atomic mass is 19.1. The maximum Gasteiger partial charge on any atom is 0.123 e. The van der Waals surface area contributed by atoms with Crippen LogP contribution in [0.5, 0.6) is 0 Å². The minimum atomic E-state index is -0.192. The van der Waals surface area contributed by atoms with Crippen molar-refractivity contribution in [2.45, 2.75) is 19.4 Å². The molecule has 0 aliphatic carbocycles. The van der Waals surface area contributed by atoms with Crippen LogP contribution in [0.25, 0.3) is 0 Å². The fourth-order valence-corrected chi connectivity index (χ4v) is 2.06. The molecule has 3 N–H and O–H groups in total. The van der Waals surface area contributed by atoms with Crippen molar-refractivity contribution in [3.05, 3.63) is 53.1 Å². The Labute approximate surface area is 118 Å². The van der Waals surface area contributed by atoms with Crippen molar-refractivity contribution >= 4 is 0 Å². The lowest BCUT2D eigenvalue weighted by Gasteiger charge is -2.05. The third-order valence-electron chi connectivity index (χ3n) is 3.24. The molecule has 0 unspecified atom stereocenters. The van der Waals surface area contributed by atoms with Gasteiger partial charge in [-0.1, -0.05) is 12.1 Å². The Hall–Kier alpha value is -1.72. The first-order valence-electron chi connectivity index (χ1n) is 6.91. The van der Waals surface area contributed by atoms with Gasteiger partial charge in [-0.2, -0.15) is 5.10 Å². The first-order chi connectivity index (χ1) is 9.79. The van der Waals surface area contributed by atoms with Gasteiger partial charge in [0, 0.05) is 31.4 Å². The van der Waals surface area contributed by atoms with Gasteiger partial charge in [0.05, 0.1) is 5.69 Å². The molecule has 0 bridgehead atoms. The molecule has 0 saturated heterocycles. The van der Waals surface area contributed by atoms with E-state index in [9.17, 15) is 4.39 Å². The number of hydrogen-bond donors (Lipinski definition) is 3. The number of hydrogen-bond acceptors (Lipinski definition) is 3. The summed E-state index contributed by atoms with van der Waals surface area (Å²) in [6.07, 6.45) is 3.67. The van der Waals surface area contributed by atoms with Crippen LogP contribution in [0.4, 0.5) is 4.39 Å². The van der Waals surface area contributed by atoms with E-state index < -0.39 is 0 Å². The summed E-state index contributed by atoms with van der Waals surface area (Å²) in [6, 6.07) is 6.65. The Morgan fingerprint density at radius 3 is 2.70 bits per heavy atom. The van der Waals surface area contributed by atoms with Crippen LogP contribution in [-0.4, -0.2) is 30.3 Å². The highest BCUT2D eigenvalue weighted by Gasteiger charge is 2.06. The van der Waals surface area contributed by atoms with Gasteiger partial charge in [-0.15, -0.1) is 0 Å². The number of nitrogens with zero attached hydrogens (tertiary/aromatic N) is 1. The SMILES string of the molecule is CNCCNCc1c[nH]nc1CCc1ccc(F)cc1. The van der Waals surface area contributed by atoms with Gasteiger partial charge in [-0.25, -0.2) is 4.39 Å². The van der Waals surface area contributed by atoms with E-state index in [2.05, 4.69) is 20.8 Å². The van der Waals surface area contributed by atoms with Crippen molar-refractivity contribution in [1.82, 2.24) is 20.8 Å². The molecule has 5 heteroatoms. The third kappa shape index (κ3) is 4.43. The van der Waals surface area contributed by atoms with Gasteiger partial charge in [-0.3, -0.25) is 5.10 Å². The van der Waals surface area contributed by atoms with Gasteiger partial charge in [0.2, 0.25) is 0 Å². The van der Waals surface area contributed by atoms with Gasteiger partial charge in [0.1, 0.15) is 5.82 Å². The molecule has 108 valence electrons. The highest BCUT2D eigenvalue weighted by molar-refractivity contribution is 5.21. The van der Waals surface area contributed by atoms with E-state index in [1.54, 1.807) is 0 Å². The molecule has 0 radical (unpaired) electrons. The number of H-pyrrole nitrogens is 1. The summed E-state index contributed by atoms with van der Waals surface area (Å²) in [6.45, 7) is 2.69. The first-order valence-corrected chi connectivity index (χ1v) is 6.91. The van der Waals surface area contributed by atoms with Crippen molar-refractivity contribution in [1.29, 1.82) is 0 Å². The number of likely N-dealkylation sites (N-methyl/N-ethyl adjacent to an activating group) is 1. The Bertz CT molecular complexity index is 507. The van der Waals surface area contributed by atoms with Crippen LogP contribution < -0.4 is 10.6 Å². The van der Waals surface area contributed by atoms with Crippen LogP contribution in [0.3, 0.4) is 0 Å². The largest absolute Gasteiger partial charge is 0.318 e. The van der Waals surface area contributed by atoms with Gasteiger partial charge < -0.3 is 10.6 Å². The summed E-state index contributed by atoms with van der Waals surface area (Å²) in [5.41, 5.74) is 3.40. The second kappa shape index (κ2) is 7.77. The minimum absolute atomic E-state index is 0.192. The molecule has 0 aliphatic rings. The zero-order valence-corrected chi connectivity index (χ0v) is 11.7. The summed E-state index contributed by atoms with van der Waals surface area (Å²) >= 11 is 0. The molecule has 1 heterocycles. The van der Waals surface area contributed by atoms with E-state index in [1.807, 2.05) is 25.4 Å². The predicted molar refractivity (Wildman–Crippen MR) is 78.0 cm³/mol. The second-order valence-electron chi connectivity index (χ2n) is 4.76. The summed E-state index contributed by atoms with van der Waals surface area (Å²) in [4.78, 5) is 0. The Kier molecular flexibility index (Phi) is 5.70. The van der Waals surface area contributed by atoms with Crippen LogP contribution in [-0.2, 0) is 19.4 Å². The molecule has 2 rings (SSSR count). The molecule has 0 aliphatic heterocycles. The zero-order valence-electron chi connectivity index (χ0n) is 11.7. The number of nitrogens with one attached hydrogen (secondary N) is 3. The van der Waals surface area contributed by atoms with Crippen LogP contribution >= 0.6 is 0 Å². The van der Waals surface area contributed by atoms with Crippen molar-refractivity contribution in [2.24, 2.45) is 0 Å². The van der Waals surface area contributed by atoms with Gasteiger partial charge in [0.15, 0.2) is 0 Å². The van der Waals surface area contributed by atoms with Crippen molar-refractivity contribution in [3.63, 3.8) is 0 Å².